The molecule has 1 heterocycles. The molecule has 18 heavy (non-hydrogen) atoms. The zero-order chi connectivity index (χ0) is 12.8. The third-order valence-electron chi connectivity index (χ3n) is 3.53. The maximum Gasteiger partial charge on any atom is 0.183 e. The molecule has 0 atom stereocenters. The van der Waals surface area contributed by atoms with Crippen LogP contribution in [0.5, 0.6) is 11.5 Å². The molecule has 1 aliphatic carbocycles. The lowest BCUT2D eigenvalue weighted by atomic mass is 9.95. The van der Waals surface area contributed by atoms with E-state index in [-0.39, 0.29) is 0 Å². The summed E-state index contributed by atoms with van der Waals surface area (Å²) in [6.45, 7) is 0.741. The molecule has 4 heteroatoms. The zero-order valence-corrected chi connectivity index (χ0v) is 11.2. The third kappa shape index (κ3) is 3.13. The van der Waals surface area contributed by atoms with Gasteiger partial charge in [0.15, 0.2) is 11.5 Å². The largest absolute Gasteiger partial charge is 0.493 e. The summed E-state index contributed by atoms with van der Waals surface area (Å²) >= 11 is 0. The van der Waals surface area contributed by atoms with Gasteiger partial charge in [0.25, 0.3) is 0 Å². The number of hydrogen-bond acceptors (Lipinski definition) is 4. The van der Waals surface area contributed by atoms with E-state index in [9.17, 15) is 0 Å². The Morgan fingerprint density at radius 1 is 1.22 bits per heavy atom. The SMILES string of the molecule is COc1ccnc(CNC2CCCCC2)c1OC. The van der Waals surface area contributed by atoms with E-state index in [1.807, 2.05) is 6.07 Å². The lowest BCUT2D eigenvalue weighted by molar-refractivity contribution is 0.340. The van der Waals surface area contributed by atoms with E-state index >= 15 is 0 Å². The molecule has 1 aromatic rings. The van der Waals surface area contributed by atoms with E-state index in [1.165, 1.54) is 32.1 Å². The van der Waals surface area contributed by atoms with Crippen LogP contribution in [0.4, 0.5) is 0 Å². The summed E-state index contributed by atoms with van der Waals surface area (Å²) in [5.41, 5.74) is 0.919. The van der Waals surface area contributed by atoms with Crippen molar-refractivity contribution >= 4 is 0 Å². The first kappa shape index (κ1) is 13.1. The number of hydrogen-bond donors (Lipinski definition) is 1. The van der Waals surface area contributed by atoms with E-state index in [0.717, 1.165) is 23.7 Å². The van der Waals surface area contributed by atoms with E-state index in [0.29, 0.717) is 6.04 Å². The van der Waals surface area contributed by atoms with Crippen LogP contribution in [-0.2, 0) is 6.54 Å². The van der Waals surface area contributed by atoms with Crippen molar-refractivity contribution in [2.24, 2.45) is 0 Å². The highest BCUT2D eigenvalue weighted by molar-refractivity contribution is 5.42. The fraction of sp³-hybridized carbons (Fsp3) is 0.643. The molecule has 0 radical (unpaired) electrons. The number of ether oxygens (including phenoxy) is 2. The molecule has 0 amide bonds. The Morgan fingerprint density at radius 2 is 2.00 bits per heavy atom. The zero-order valence-electron chi connectivity index (χ0n) is 11.2. The maximum atomic E-state index is 5.38. The monoisotopic (exact) mass is 250 g/mol. The molecule has 1 aromatic heterocycles. The lowest BCUT2D eigenvalue weighted by Gasteiger charge is -2.23. The maximum absolute atomic E-state index is 5.38. The second kappa shape index (κ2) is 6.59. The van der Waals surface area contributed by atoms with Gasteiger partial charge < -0.3 is 14.8 Å². The van der Waals surface area contributed by atoms with Crippen molar-refractivity contribution in [1.82, 2.24) is 10.3 Å². The molecule has 0 aliphatic heterocycles. The van der Waals surface area contributed by atoms with Gasteiger partial charge in [-0.3, -0.25) is 4.98 Å². The Morgan fingerprint density at radius 3 is 2.67 bits per heavy atom. The quantitative estimate of drug-likeness (QED) is 0.872. The standard InChI is InChI=1S/C14H22N2O2/c1-17-13-8-9-15-12(14(13)18-2)10-16-11-6-4-3-5-7-11/h8-9,11,16H,3-7,10H2,1-2H3. The highest BCUT2D eigenvalue weighted by atomic mass is 16.5. The second-order valence-corrected chi connectivity index (χ2v) is 4.71. The summed E-state index contributed by atoms with van der Waals surface area (Å²) in [5.74, 6) is 1.48. The van der Waals surface area contributed by atoms with Gasteiger partial charge in [0.2, 0.25) is 0 Å². The van der Waals surface area contributed by atoms with Crippen LogP contribution in [-0.4, -0.2) is 25.2 Å². The number of rotatable bonds is 5. The second-order valence-electron chi connectivity index (χ2n) is 4.71. The van der Waals surface area contributed by atoms with Crippen LogP contribution in [0.1, 0.15) is 37.8 Å². The normalized spacial score (nSPS) is 16.6. The van der Waals surface area contributed by atoms with Gasteiger partial charge in [-0.1, -0.05) is 19.3 Å². The minimum atomic E-state index is 0.622. The van der Waals surface area contributed by atoms with Gasteiger partial charge in [-0.05, 0) is 12.8 Å². The first-order valence-electron chi connectivity index (χ1n) is 6.64. The molecule has 1 N–H and O–H groups in total. The van der Waals surface area contributed by atoms with Gasteiger partial charge in [-0.25, -0.2) is 0 Å². The van der Waals surface area contributed by atoms with E-state index in [2.05, 4.69) is 10.3 Å². The topological polar surface area (TPSA) is 43.4 Å². The van der Waals surface area contributed by atoms with Crippen molar-refractivity contribution in [3.8, 4) is 11.5 Å². The Hall–Kier alpha value is -1.29. The van der Waals surface area contributed by atoms with Crippen LogP contribution in [0.15, 0.2) is 12.3 Å². The molecule has 100 valence electrons. The molecular weight excluding hydrogens is 228 g/mol. The molecule has 0 bridgehead atoms. The van der Waals surface area contributed by atoms with Crippen molar-refractivity contribution in [1.29, 1.82) is 0 Å². The number of methoxy groups -OCH3 is 2. The van der Waals surface area contributed by atoms with Crippen LogP contribution in [0, 0.1) is 0 Å². The highest BCUT2D eigenvalue weighted by Gasteiger charge is 2.15. The molecule has 0 spiro atoms. The van der Waals surface area contributed by atoms with Crippen LogP contribution in [0.2, 0.25) is 0 Å². The molecule has 0 aromatic carbocycles. The Balaban J connectivity index is 1.99. The fourth-order valence-electron chi connectivity index (χ4n) is 2.52. The minimum absolute atomic E-state index is 0.622. The van der Waals surface area contributed by atoms with E-state index in [4.69, 9.17) is 9.47 Å². The van der Waals surface area contributed by atoms with E-state index < -0.39 is 0 Å². The van der Waals surface area contributed by atoms with Crippen molar-refractivity contribution in [2.45, 2.75) is 44.7 Å². The Bertz CT molecular complexity index is 376. The molecule has 1 saturated carbocycles. The summed E-state index contributed by atoms with van der Waals surface area (Å²) in [4.78, 5) is 4.38. The van der Waals surface area contributed by atoms with Crippen molar-refractivity contribution in [2.75, 3.05) is 14.2 Å². The van der Waals surface area contributed by atoms with Crippen LogP contribution in [0.25, 0.3) is 0 Å². The number of nitrogens with one attached hydrogen (secondary N) is 1. The molecule has 0 saturated heterocycles. The summed E-state index contributed by atoms with van der Waals surface area (Å²) in [5, 5.41) is 3.57. The minimum Gasteiger partial charge on any atom is -0.493 e. The lowest BCUT2D eigenvalue weighted by Crippen LogP contribution is -2.30. The average molecular weight is 250 g/mol. The summed E-state index contributed by atoms with van der Waals surface area (Å²) < 4.78 is 10.7. The van der Waals surface area contributed by atoms with Crippen molar-refractivity contribution in [3.63, 3.8) is 0 Å². The first-order chi connectivity index (χ1) is 8.85. The smallest absolute Gasteiger partial charge is 0.183 e. The predicted octanol–water partition coefficient (Wildman–Crippen LogP) is 2.52. The van der Waals surface area contributed by atoms with Crippen molar-refractivity contribution in [3.05, 3.63) is 18.0 Å². The van der Waals surface area contributed by atoms with Crippen LogP contribution in [0.3, 0.4) is 0 Å². The Kier molecular flexibility index (Phi) is 4.81. The van der Waals surface area contributed by atoms with E-state index in [1.54, 1.807) is 20.4 Å². The van der Waals surface area contributed by atoms with Gasteiger partial charge >= 0.3 is 0 Å². The molecule has 4 nitrogen and oxygen atoms in total. The average Bonchev–Trinajstić information content (AvgIpc) is 2.45. The first-order valence-corrected chi connectivity index (χ1v) is 6.64. The summed E-state index contributed by atoms with van der Waals surface area (Å²) in [6, 6.07) is 2.44. The molecule has 2 rings (SSSR count). The summed E-state index contributed by atoms with van der Waals surface area (Å²) in [7, 11) is 3.31. The summed E-state index contributed by atoms with van der Waals surface area (Å²) in [6.07, 6.45) is 8.34. The number of aromatic nitrogens is 1. The number of nitrogens with zero attached hydrogens (tertiary/aromatic N) is 1. The van der Waals surface area contributed by atoms with Gasteiger partial charge in [0.1, 0.15) is 0 Å². The number of pyridine rings is 1. The Labute approximate surface area is 109 Å². The molecular formula is C14H22N2O2. The highest BCUT2D eigenvalue weighted by Crippen LogP contribution is 2.29. The van der Waals surface area contributed by atoms with Gasteiger partial charge in [0, 0.05) is 24.8 Å². The molecule has 1 aliphatic rings. The molecule has 0 unspecified atom stereocenters. The van der Waals surface area contributed by atoms with Gasteiger partial charge in [0.05, 0.1) is 19.9 Å². The predicted molar refractivity (Wildman–Crippen MR) is 71.1 cm³/mol. The van der Waals surface area contributed by atoms with Crippen molar-refractivity contribution < 1.29 is 9.47 Å². The van der Waals surface area contributed by atoms with Gasteiger partial charge in [-0.2, -0.15) is 0 Å². The van der Waals surface area contributed by atoms with Crippen LogP contribution < -0.4 is 14.8 Å². The molecule has 1 fully saturated rings. The van der Waals surface area contributed by atoms with Crippen LogP contribution >= 0.6 is 0 Å². The van der Waals surface area contributed by atoms with Gasteiger partial charge in [-0.15, -0.1) is 0 Å². The third-order valence-corrected chi connectivity index (χ3v) is 3.53. The fourth-order valence-corrected chi connectivity index (χ4v) is 2.52.